The number of nitrogens with one attached hydrogen (secondary N) is 1. The molecule has 0 aromatic carbocycles. The fraction of sp³-hybridized carbons (Fsp3) is 0.778. The Kier molecular flexibility index (Phi) is 5.15. The maximum atomic E-state index is 11.4. The first kappa shape index (κ1) is 12.9. The lowest BCUT2D eigenvalue weighted by Crippen LogP contribution is -2.49. The third-order valence-corrected chi connectivity index (χ3v) is 2.07. The maximum absolute atomic E-state index is 11.4. The number of nitrogens with two attached hydrogens (primary N) is 2. The number of rotatable bonds is 5. The Hall–Kier alpha value is -1.10. The molecule has 0 aliphatic carbocycles. The van der Waals surface area contributed by atoms with Crippen LogP contribution in [0, 0.1) is 11.8 Å². The van der Waals surface area contributed by atoms with Gasteiger partial charge in [0.25, 0.3) is 0 Å². The molecule has 0 aromatic rings. The van der Waals surface area contributed by atoms with Crippen molar-refractivity contribution in [3.8, 4) is 0 Å². The molecule has 5 N–H and O–H groups in total. The zero-order valence-corrected chi connectivity index (χ0v) is 8.91. The van der Waals surface area contributed by atoms with E-state index in [-0.39, 0.29) is 24.3 Å². The quantitative estimate of drug-likeness (QED) is 0.543. The number of hydrogen-bond acceptors (Lipinski definition) is 3. The number of carbonyl (C=O) groups excluding carboxylic acids is 2. The highest BCUT2D eigenvalue weighted by molar-refractivity contribution is 5.87. The first-order valence-electron chi connectivity index (χ1n) is 4.69. The molecule has 14 heavy (non-hydrogen) atoms. The molecule has 0 aliphatic heterocycles. The van der Waals surface area contributed by atoms with Crippen LogP contribution in [0.15, 0.2) is 0 Å². The highest BCUT2D eigenvalue weighted by Gasteiger charge is 2.23. The second-order valence-electron chi connectivity index (χ2n) is 3.77. The molecule has 0 rings (SSSR count). The van der Waals surface area contributed by atoms with Gasteiger partial charge in [0.05, 0.1) is 0 Å². The van der Waals surface area contributed by atoms with E-state index in [4.69, 9.17) is 11.5 Å². The van der Waals surface area contributed by atoms with Crippen molar-refractivity contribution in [1.29, 1.82) is 0 Å². The van der Waals surface area contributed by atoms with Crippen molar-refractivity contribution in [2.75, 3.05) is 6.54 Å². The van der Waals surface area contributed by atoms with Gasteiger partial charge < -0.3 is 16.8 Å². The Balaban J connectivity index is 4.31. The standard InChI is InChI=1S/C9H19N3O2/c1-5(2)7(8(11)13)12-9(14)6(3)4-10/h5-7H,4,10H2,1-3H3,(H2,11,13)(H,12,14). The van der Waals surface area contributed by atoms with Gasteiger partial charge >= 0.3 is 0 Å². The molecule has 0 bridgehead atoms. The van der Waals surface area contributed by atoms with Crippen LogP contribution in [0.2, 0.25) is 0 Å². The van der Waals surface area contributed by atoms with Crippen molar-refractivity contribution in [3.05, 3.63) is 0 Å². The molecule has 0 aliphatic rings. The van der Waals surface area contributed by atoms with E-state index in [0.29, 0.717) is 0 Å². The van der Waals surface area contributed by atoms with Crippen LogP contribution < -0.4 is 16.8 Å². The Morgan fingerprint density at radius 3 is 2.07 bits per heavy atom. The van der Waals surface area contributed by atoms with Crippen LogP contribution >= 0.6 is 0 Å². The van der Waals surface area contributed by atoms with Crippen LogP contribution in [0.5, 0.6) is 0 Å². The van der Waals surface area contributed by atoms with Gasteiger partial charge in [0, 0.05) is 12.5 Å². The predicted octanol–water partition coefficient (Wildman–Crippen LogP) is -0.793. The summed E-state index contributed by atoms with van der Waals surface area (Å²) in [5.41, 5.74) is 10.5. The van der Waals surface area contributed by atoms with Gasteiger partial charge in [-0.05, 0) is 5.92 Å². The van der Waals surface area contributed by atoms with Crippen molar-refractivity contribution < 1.29 is 9.59 Å². The first-order chi connectivity index (χ1) is 6.40. The average Bonchev–Trinajstić information content (AvgIpc) is 2.11. The van der Waals surface area contributed by atoms with E-state index in [1.165, 1.54) is 0 Å². The molecule has 5 nitrogen and oxygen atoms in total. The molecule has 0 saturated carbocycles. The Labute approximate surface area is 84.2 Å². The molecule has 2 atom stereocenters. The molecule has 5 heteroatoms. The van der Waals surface area contributed by atoms with Gasteiger partial charge in [-0.15, -0.1) is 0 Å². The topological polar surface area (TPSA) is 98.2 Å². The summed E-state index contributed by atoms with van der Waals surface area (Å²) in [6.07, 6.45) is 0. The van der Waals surface area contributed by atoms with Gasteiger partial charge in [-0.1, -0.05) is 20.8 Å². The molecule has 2 amide bonds. The van der Waals surface area contributed by atoms with Crippen LogP contribution in [0.25, 0.3) is 0 Å². The fourth-order valence-corrected chi connectivity index (χ4v) is 0.969. The second-order valence-corrected chi connectivity index (χ2v) is 3.77. The Morgan fingerprint density at radius 1 is 1.29 bits per heavy atom. The van der Waals surface area contributed by atoms with Gasteiger partial charge in [-0.2, -0.15) is 0 Å². The minimum atomic E-state index is -0.614. The predicted molar refractivity (Wildman–Crippen MR) is 54.2 cm³/mol. The zero-order valence-electron chi connectivity index (χ0n) is 8.91. The van der Waals surface area contributed by atoms with Crippen LogP contribution in [0.4, 0.5) is 0 Å². The third kappa shape index (κ3) is 3.74. The normalized spacial score (nSPS) is 14.9. The molecular weight excluding hydrogens is 182 g/mol. The molecule has 0 saturated heterocycles. The van der Waals surface area contributed by atoms with Crippen LogP contribution in [-0.4, -0.2) is 24.4 Å². The van der Waals surface area contributed by atoms with Crippen LogP contribution in [-0.2, 0) is 9.59 Å². The number of amides is 2. The summed E-state index contributed by atoms with van der Waals surface area (Å²) in [5.74, 6) is -1.06. The molecule has 0 spiro atoms. The van der Waals surface area contributed by atoms with E-state index in [2.05, 4.69) is 5.32 Å². The molecule has 0 fully saturated rings. The second kappa shape index (κ2) is 5.59. The Morgan fingerprint density at radius 2 is 1.79 bits per heavy atom. The summed E-state index contributed by atoms with van der Waals surface area (Å²) in [6.45, 7) is 5.61. The van der Waals surface area contributed by atoms with Crippen molar-refractivity contribution in [1.82, 2.24) is 5.32 Å². The summed E-state index contributed by atoms with van der Waals surface area (Å²) in [4.78, 5) is 22.4. The number of hydrogen-bond donors (Lipinski definition) is 3. The first-order valence-corrected chi connectivity index (χ1v) is 4.69. The molecule has 0 heterocycles. The van der Waals surface area contributed by atoms with Gasteiger partial charge in [-0.25, -0.2) is 0 Å². The van der Waals surface area contributed by atoms with Gasteiger partial charge in [0.2, 0.25) is 11.8 Å². The van der Waals surface area contributed by atoms with Crippen LogP contribution in [0.1, 0.15) is 20.8 Å². The lowest BCUT2D eigenvalue weighted by Gasteiger charge is -2.20. The fourth-order valence-electron chi connectivity index (χ4n) is 0.969. The zero-order chi connectivity index (χ0) is 11.3. The van der Waals surface area contributed by atoms with E-state index in [1.54, 1.807) is 6.92 Å². The van der Waals surface area contributed by atoms with Crippen molar-refractivity contribution >= 4 is 11.8 Å². The van der Waals surface area contributed by atoms with Gasteiger partial charge in [0.1, 0.15) is 6.04 Å². The SMILES string of the molecule is CC(CN)C(=O)NC(C(N)=O)C(C)C. The minimum absolute atomic E-state index is 0.0126. The average molecular weight is 201 g/mol. The van der Waals surface area contributed by atoms with E-state index in [0.717, 1.165) is 0 Å². The molecular formula is C9H19N3O2. The summed E-state index contributed by atoms with van der Waals surface area (Å²) < 4.78 is 0. The summed E-state index contributed by atoms with van der Waals surface area (Å²) in [6, 6.07) is -0.614. The van der Waals surface area contributed by atoms with Gasteiger partial charge in [-0.3, -0.25) is 9.59 Å². The maximum Gasteiger partial charge on any atom is 0.240 e. The van der Waals surface area contributed by atoms with E-state index >= 15 is 0 Å². The summed E-state index contributed by atoms with van der Waals surface area (Å²) in [7, 11) is 0. The monoisotopic (exact) mass is 201 g/mol. The van der Waals surface area contributed by atoms with E-state index < -0.39 is 11.9 Å². The summed E-state index contributed by atoms with van der Waals surface area (Å²) in [5, 5.41) is 2.57. The lowest BCUT2D eigenvalue weighted by molar-refractivity contribution is -0.130. The van der Waals surface area contributed by atoms with Crippen molar-refractivity contribution in [3.63, 3.8) is 0 Å². The number of primary amides is 1. The largest absolute Gasteiger partial charge is 0.368 e. The van der Waals surface area contributed by atoms with Crippen molar-refractivity contribution in [2.45, 2.75) is 26.8 Å². The molecule has 2 unspecified atom stereocenters. The van der Waals surface area contributed by atoms with Crippen molar-refractivity contribution in [2.24, 2.45) is 23.3 Å². The molecule has 0 aromatic heterocycles. The van der Waals surface area contributed by atoms with Crippen LogP contribution in [0.3, 0.4) is 0 Å². The molecule has 0 radical (unpaired) electrons. The van der Waals surface area contributed by atoms with E-state index in [9.17, 15) is 9.59 Å². The highest BCUT2D eigenvalue weighted by Crippen LogP contribution is 2.02. The Bertz CT molecular complexity index is 216. The smallest absolute Gasteiger partial charge is 0.240 e. The minimum Gasteiger partial charge on any atom is -0.368 e. The summed E-state index contributed by atoms with van der Waals surface area (Å²) >= 11 is 0. The lowest BCUT2D eigenvalue weighted by atomic mass is 10.0. The number of carbonyl (C=O) groups is 2. The third-order valence-electron chi connectivity index (χ3n) is 2.07. The highest BCUT2D eigenvalue weighted by atomic mass is 16.2. The molecule has 82 valence electrons. The van der Waals surface area contributed by atoms with Gasteiger partial charge in [0.15, 0.2) is 0 Å². The van der Waals surface area contributed by atoms with E-state index in [1.807, 2.05) is 13.8 Å².